The van der Waals surface area contributed by atoms with Crippen molar-refractivity contribution in [1.29, 1.82) is 0 Å². The van der Waals surface area contributed by atoms with Crippen molar-refractivity contribution in [1.82, 2.24) is 5.32 Å². The second-order valence-corrected chi connectivity index (χ2v) is 7.84. The van der Waals surface area contributed by atoms with Gasteiger partial charge in [0.1, 0.15) is 0 Å². The van der Waals surface area contributed by atoms with Crippen LogP contribution in [0.5, 0.6) is 0 Å². The maximum Gasteiger partial charge on any atom is 0.200 e. The molecule has 2 aromatic carbocycles. The summed E-state index contributed by atoms with van der Waals surface area (Å²) in [4.78, 5) is 0. The van der Waals surface area contributed by atoms with Crippen LogP contribution in [0.15, 0.2) is 0 Å². The Morgan fingerprint density at radius 1 is 0.486 bits per heavy atom. The molecule has 198 valence electrons. The van der Waals surface area contributed by atoms with Gasteiger partial charge in [-0.2, -0.15) is 0 Å². The molecule has 0 aliphatic carbocycles. The summed E-state index contributed by atoms with van der Waals surface area (Å²) in [5.41, 5.74) is -4.52. The van der Waals surface area contributed by atoms with Crippen LogP contribution in [-0.2, 0) is 0 Å². The van der Waals surface area contributed by atoms with E-state index in [4.69, 9.17) is 0 Å². The predicted octanol–water partition coefficient (Wildman–Crippen LogP) is 8.34. The van der Waals surface area contributed by atoms with Crippen molar-refractivity contribution in [2.24, 2.45) is 5.92 Å². The number of hydrogen-bond acceptors (Lipinski definition) is 1. The number of nitrogens with one attached hydrogen (secondary N) is 1. The Labute approximate surface area is 197 Å². The summed E-state index contributed by atoms with van der Waals surface area (Å²) in [6, 6.07) is 0. The maximum atomic E-state index is 13.4. The van der Waals surface area contributed by atoms with E-state index in [0.717, 1.165) is 5.92 Å². The molecule has 1 nitrogen and oxygen atoms in total. The molecule has 0 fully saturated rings. The zero-order valence-electron chi connectivity index (χ0n) is 19.5. The van der Waals surface area contributed by atoms with Crippen molar-refractivity contribution in [3.63, 3.8) is 0 Å². The first kappa shape index (κ1) is 30.7. The Morgan fingerprint density at radius 2 is 0.857 bits per heavy atom. The molecule has 0 amide bonds. The molecule has 0 bridgehead atoms. The summed E-state index contributed by atoms with van der Waals surface area (Å²) < 4.78 is 131. The van der Waals surface area contributed by atoms with Crippen LogP contribution in [0, 0.1) is 64.1 Å². The Kier molecular flexibility index (Phi) is 12.6. The van der Waals surface area contributed by atoms with E-state index in [1.54, 1.807) is 0 Å². The van der Waals surface area contributed by atoms with Crippen LogP contribution in [0.3, 0.4) is 0 Å². The van der Waals surface area contributed by atoms with Gasteiger partial charge in [0.2, 0.25) is 11.6 Å². The van der Waals surface area contributed by atoms with Gasteiger partial charge in [-0.3, -0.25) is 0 Å². The fourth-order valence-corrected chi connectivity index (χ4v) is 3.30. The molecule has 1 atom stereocenters. The fourth-order valence-electron chi connectivity index (χ4n) is 3.30. The van der Waals surface area contributed by atoms with E-state index in [9.17, 15) is 43.9 Å². The molecule has 0 aliphatic heterocycles. The summed E-state index contributed by atoms with van der Waals surface area (Å²) in [5, 5.41) is 3.48. The van der Waals surface area contributed by atoms with Crippen LogP contribution in [0.25, 0.3) is 11.1 Å². The fraction of sp³-hybridized carbons (Fsp3) is 0.500. The van der Waals surface area contributed by atoms with Gasteiger partial charge >= 0.3 is 0 Å². The zero-order valence-corrected chi connectivity index (χ0v) is 19.5. The lowest BCUT2D eigenvalue weighted by atomic mass is 9.96. The Bertz CT molecular complexity index is 868. The Balaban J connectivity index is 0.000000405. The van der Waals surface area contributed by atoms with Gasteiger partial charge in [-0.1, -0.05) is 46.5 Å². The minimum Gasteiger partial charge on any atom is -0.317 e. The molecule has 0 aliphatic rings. The highest BCUT2D eigenvalue weighted by molar-refractivity contribution is 5.67. The van der Waals surface area contributed by atoms with Crippen LogP contribution < -0.4 is 5.32 Å². The van der Waals surface area contributed by atoms with Gasteiger partial charge in [0.05, 0.1) is 11.1 Å². The van der Waals surface area contributed by atoms with Gasteiger partial charge < -0.3 is 5.32 Å². The second kappa shape index (κ2) is 14.3. The second-order valence-electron chi connectivity index (χ2n) is 7.84. The molecule has 35 heavy (non-hydrogen) atoms. The standard InChI is InChI=1S/C12F10.C12H27N/c13-3-1(4(14)8(18)11(21)7(3)17)2-5(15)9(19)12(22)10(20)6(2)16;1-4-7-8-12(6-3)9-11-13-10-5-2/h;12-13H,4-11H2,1-3H3. The van der Waals surface area contributed by atoms with Crippen molar-refractivity contribution in [3.8, 4) is 11.1 Å². The minimum absolute atomic E-state index is 0.962. The summed E-state index contributed by atoms with van der Waals surface area (Å²) in [6.45, 7) is 9.23. The first-order valence-corrected chi connectivity index (χ1v) is 11.2. The number of hydrogen-bond donors (Lipinski definition) is 1. The highest BCUT2D eigenvalue weighted by atomic mass is 19.2. The number of benzene rings is 2. The van der Waals surface area contributed by atoms with E-state index < -0.39 is 69.3 Å². The average Bonchev–Trinajstić information content (AvgIpc) is 2.85. The molecule has 2 aromatic rings. The molecule has 11 heteroatoms. The molecule has 1 unspecified atom stereocenters. The quantitative estimate of drug-likeness (QED) is 0.144. The Hall–Kier alpha value is -2.30. The van der Waals surface area contributed by atoms with Crippen molar-refractivity contribution in [2.45, 2.75) is 59.3 Å². The predicted molar refractivity (Wildman–Crippen MR) is 113 cm³/mol. The summed E-state index contributed by atoms with van der Waals surface area (Å²) >= 11 is 0. The molecular formula is C24H27F10N. The molecular weight excluding hydrogens is 492 g/mol. The smallest absolute Gasteiger partial charge is 0.200 e. The zero-order chi connectivity index (χ0) is 26.9. The minimum atomic E-state index is -2.68. The molecule has 0 radical (unpaired) electrons. The van der Waals surface area contributed by atoms with Gasteiger partial charge in [-0.15, -0.1) is 0 Å². The molecule has 0 heterocycles. The van der Waals surface area contributed by atoms with E-state index in [2.05, 4.69) is 26.1 Å². The molecule has 0 aromatic heterocycles. The van der Waals surface area contributed by atoms with Gasteiger partial charge in [0.15, 0.2) is 46.5 Å². The molecule has 0 saturated carbocycles. The normalized spacial score (nSPS) is 11.9. The highest BCUT2D eigenvalue weighted by Crippen LogP contribution is 2.37. The third-order valence-electron chi connectivity index (χ3n) is 5.37. The van der Waals surface area contributed by atoms with Gasteiger partial charge in [-0.05, 0) is 31.8 Å². The SMILES string of the molecule is CCCCC(CC)CCNCCC.Fc1c(F)c(F)c(-c2c(F)c(F)c(F)c(F)c2F)c(F)c1F. The van der Waals surface area contributed by atoms with Crippen molar-refractivity contribution in [3.05, 3.63) is 58.2 Å². The first-order chi connectivity index (χ1) is 16.5. The molecule has 2 rings (SSSR count). The van der Waals surface area contributed by atoms with Crippen LogP contribution in [0.4, 0.5) is 43.9 Å². The summed E-state index contributed by atoms with van der Waals surface area (Å²) in [6.07, 6.45) is 8.17. The van der Waals surface area contributed by atoms with Crippen molar-refractivity contribution >= 4 is 0 Å². The average molecular weight is 519 g/mol. The van der Waals surface area contributed by atoms with Crippen LogP contribution in [0.2, 0.25) is 0 Å². The third kappa shape index (κ3) is 7.35. The number of rotatable bonds is 10. The molecule has 0 saturated heterocycles. The lowest BCUT2D eigenvalue weighted by Crippen LogP contribution is -2.18. The number of unbranched alkanes of at least 4 members (excludes halogenated alkanes) is 1. The van der Waals surface area contributed by atoms with Gasteiger partial charge in [-0.25, -0.2) is 43.9 Å². The van der Waals surface area contributed by atoms with Crippen LogP contribution in [-0.4, -0.2) is 13.1 Å². The van der Waals surface area contributed by atoms with Gasteiger partial charge in [0.25, 0.3) is 0 Å². The van der Waals surface area contributed by atoms with Crippen molar-refractivity contribution in [2.75, 3.05) is 13.1 Å². The topological polar surface area (TPSA) is 12.0 Å². The molecule has 1 N–H and O–H groups in total. The van der Waals surface area contributed by atoms with E-state index in [1.165, 1.54) is 51.6 Å². The van der Waals surface area contributed by atoms with Crippen molar-refractivity contribution < 1.29 is 43.9 Å². The van der Waals surface area contributed by atoms with Gasteiger partial charge in [0, 0.05) is 0 Å². The third-order valence-corrected chi connectivity index (χ3v) is 5.37. The lowest BCUT2D eigenvalue weighted by molar-refractivity contribution is 0.370. The van der Waals surface area contributed by atoms with Crippen LogP contribution >= 0.6 is 0 Å². The van der Waals surface area contributed by atoms with E-state index in [-0.39, 0.29) is 0 Å². The Morgan fingerprint density at radius 3 is 1.17 bits per heavy atom. The lowest BCUT2D eigenvalue weighted by Gasteiger charge is -2.14. The van der Waals surface area contributed by atoms with E-state index >= 15 is 0 Å². The molecule has 0 spiro atoms. The highest BCUT2D eigenvalue weighted by Gasteiger charge is 2.34. The van der Waals surface area contributed by atoms with E-state index in [1.807, 2.05) is 0 Å². The monoisotopic (exact) mass is 519 g/mol. The maximum absolute atomic E-state index is 13.4. The summed E-state index contributed by atoms with van der Waals surface area (Å²) in [5.74, 6) is -25.7. The van der Waals surface area contributed by atoms with E-state index in [0.29, 0.717) is 0 Å². The summed E-state index contributed by atoms with van der Waals surface area (Å²) in [7, 11) is 0. The number of halogens is 10. The largest absolute Gasteiger partial charge is 0.317 e. The first-order valence-electron chi connectivity index (χ1n) is 11.2. The van der Waals surface area contributed by atoms with Crippen LogP contribution in [0.1, 0.15) is 59.3 Å².